The van der Waals surface area contributed by atoms with Gasteiger partial charge in [-0.3, -0.25) is 14.6 Å². The van der Waals surface area contributed by atoms with Crippen molar-refractivity contribution in [2.75, 3.05) is 4.90 Å². The number of carbonyl (C=O) groups is 1. The molecule has 144 valence electrons. The zero-order valence-corrected chi connectivity index (χ0v) is 16.3. The summed E-state index contributed by atoms with van der Waals surface area (Å²) in [6.45, 7) is 4.16. The van der Waals surface area contributed by atoms with E-state index in [1.165, 1.54) is 0 Å². The van der Waals surface area contributed by atoms with Crippen LogP contribution in [0.4, 0.5) is 5.69 Å². The van der Waals surface area contributed by atoms with E-state index in [-0.39, 0.29) is 18.0 Å². The summed E-state index contributed by atoms with van der Waals surface area (Å²) in [4.78, 5) is 34.5. The summed E-state index contributed by atoms with van der Waals surface area (Å²) < 4.78 is 0. The second-order valence-electron chi connectivity index (χ2n) is 7.18. The first kappa shape index (κ1) is 18.6. The smallest absolute Gasteiger partial charge is 0.258 e. The minimum atomic E-state index is -0.193. The van der Waals surface area contributed by atoms with Crippen molar-refractivity contribution >= 4 is 22.5 Å². The molecule has 0 unspecified atom stereocenters. The van der Waals surface area contributed by atoms with Gasteiger partial charge in [0.15, 0.2) is 0 Å². The SMILES string of the molecule is Cc1cccc(N(Cc2cc3cc(C)ccc3[nH]c2=O)C(=O)c2ccncc2)c1. The second-order valence-corrected chi connectivity index (χ2v) is 7.18. The minimum absolute atomic E-state index is 0.170. The van der Waals surface area contributed by atoms with Crippen LogP contribution in [0, 0.1) is 13.8 Å². The molecule has 2 aromatic carbocycles. The molecule has 5 heteroatoms. The topological polar surface area (TPSA) is 66.1 Å². The van der Waals surface area contributed by atoms with Gasteiger partial charge in [-0.1, -0.05) is 23.8 Å². The summed E-state index contributed by atoms with van der Waals surface area (Å²) in [7, 11) is 0. The van der Waals surface area contributed by atoms with E-state index < -0.39 is 0 Å². The third-order valence-electron chi connectivity index (χ3n) is 4.89. The zero-order chi connectivity index (χ0) is 20.4. The van der Waals surface area contributed by atoms with Gasteiger partial charge in [0, 0.05) is 34.7 Å². The van der Waals surface area contributed by atoms with Crippen molar-refractivity contribution < 1.29 is 4.79 Å². The molecular formula is C24H21N3O2. The van der Waals surface area contributed by atoms with Crippen molar-refractivity contribution in [3.63, 3.8) is 0 Å². The Morgan fingerprint density at radius 3 is 2.48 bits per heavy atom. The normalized spacial score (nSPS) is 10.8. The number of rotatable bonds is 4. The molecule has 0 bridgehead atoms. The largest absolute Gasteiger partial charge is 0.322 e. The third-order valence-corrected chi connectivity index (χ3v) is 4.89. The number of pyridine rings is 2. The van der Waals surface area contributed by atoms with Crippen LogP contribution in [0.2, 0.25) is 0 Å². The van der Waals surface area contributed by atoms with Crippen LogP contribution in [0.3, 0.4) is 0 Å². The fourth-order valence-electron chi connectivity index (χ4n) is 3.39. The van der Waals surface area contributed by atoms with Gasteiger partial charge in [0.1, 0.15) is 0 Å². The molecule has 0 saturated heterocycles. The highest BCUT2D eigenvalue weighted by Gasteiger charge is 2.20. The number of benzene rings is 2. The number of hydrogen-bond acceptors (Lipinski definition) is 3. The molecule has 1 amide bonds. The van der Waals surface area contributed by atoms with Crippen LogP contribution in [0.5, 0.6) is 0 Å². The quantitative estimate of drug-likeness (QED) is 0.568. The van der Waals surface area contributed by atoms with E-state index in [2.05, 4.69) is 9.97 Å². The maximum absolute atomic E-state index is 13.3. The van der Waals surface area contributed by atoms with E-state index in [4.69, 9.17) is 0 Å². The number of amides is 1. The Kier molecular flexibility index (Phi) is 4.96. The average Bonchev–Trinajstić information content (AvgIpc) is 2.72. The van der Waals surface area contributed by atoms with Crippen LogP contribution < -0.4 is 10.5 Å². The highest BCUT2D eigenvalue weighted by atomic mass is 16.2. The van der Waals surface area contributed by atoms with Crippen molar-refractivity contribution in [1.82, 2.24) is 9.97 Å². The number of hydrogen-bond donors (Lipinski definition) is 1. The molecule has 0 radical (unpaired) electrons. The monoisotopic (exact) mass is 383 g/mol. The molecule has 5 nitrogen and oxygen atoms in total. The molecular weight excluding hydrogens is 362 g/mol. The van der Waals surface area contributed by atoms with E-state index in [1.54, 1.807) is 29.4 Å². The summed E-state index contributed by atoms with van der Waals surface area (Å²) in [6, 6.07) is 18.8. The molecule has 0 spiro atoms. The van der Waals surface area contributed by atoms with Crippen molar-refractivity contribution in [3.05, 3.63) is 106 Å². The molecule has 2 heterocycles. The summed E-state index contributed by atoms with van der Waals surface area (Å²) in [5.74, 6) is -0.179. The highest BCUT2D eigenvalue weighted by Crippen LogP contribution is 2.22. The maximum atomic E-state index is 13.3. The number of nitrogens with one attached hydrogen (secondary N) is 1. The molecule has 0 aliphatic heterocycles. The number of H-pyrrole nitrogens is 1. The Bertz CT molecular complexity index is 1250. The molecule has 4 rings (SSSR count). The number of anilines is 1. The lowest BCUT2D eigenvalue weighted by Crippen LogP contribution is -2.33. The van der Waals surface area contributed by atoms with Gasteiger partial charge in [-0.25, -0.2) is 0 Å². The van der Waals surface area contributed by atoms with Gasteiger partial charge in [0.2, 0.25) is 0 Å². The standard InChI is InChI=1S/C24H21N3O2/c1-16-4-3-5-21(13-16)27(24(29)18-8-10-25-11-9-18)15-20-14-19-12-17(2)6-7-22(19)26-23(20)28/h3-14H,15H2,1-2H3,(H,26,28). The van der Waals surface area contributed by atoms with Crippen LogP contribution in [0.1, 0.15) is 27.0 Å². The highest BCUT2D eigenvalue weighted by molar-refractivity contribution is 6.06. The summed E-state index contributed by atoms with van der Waals surface area (Å²) in [5, 5.41) is 0.945. The first-order valence-corrected chi connectivity index (χ1v) is 9.42. The molecule has 29 heavy (non-hydrogen) atoms. The second kappa shape index (κ2) is 7.72. The van der Waals surface area contributed by atoms with Gasteiger partial charge in [-0.2, -0.15) is 0 Å². The molecule has 0 atom stereocenters. The Labute approximate surface area is 168 Å². The van der Waals surface area contributed by atoms with Crippen molar-refractivity contribution in [2.45, 2.75) is 20.4 Å². The van der Waals surface area contributed by atoms with Crippen molar-refractivity contribution in [1.29, 1.82) is 0 Å². The maximum Gasteiger partial charge on any atom is 0.258 e. The van der Waals surface area contributed by atoms with Gasteiger partial charge < -0.3 is 9.88 Å². The van der Waals surface area contributed by atoms with Crippen molar-refractivity contribution in [3.8, 4) is 0 Å². The van der Waals surface area contributed by atoms with E-state index in [9.17, 15) is 9.59 Å². The van der Waals surface area contributed by atoms with E-state index in [1.807, 2.05) is 62.4 Å². The van der Waals surface area contributed by atoms with E-state index in [0.717, 1.165) is 27.7 Å². The Morgan fingerprint density at radius 2 is 1.72 bits per heavy atom. The number of fused-ring (bicyclic) bond motifs is 1. The van der Waals surface area contributed by atoms with Crippen LogP contribution in [0.15, 0.2) is 77.9 Å². The van der Waals surface area contributed by atoms with Gasteiger partial charge >= 0.3 is 0 Å². The lowest BCUT2D eigenvalue weighted by molar-refractivity contribution is 0.0985. The fraction of sp³-hybridized carbons (Fsp3) is 0.125. The van der Waals surface area contributed by atoms with Gasteiger partial charge in [-0.15, -0.1) is 0 Å². The van der Waals surface area contributed by atoms with Gasteiger partial charge in [0.05, 0.1) is 6.54 Å². The van der Waals surface area contributed by atoms with Crippen molar-refractivity contribution in [2.24, 2.45) is 0 Å². The molecule has 0 fully saturated rings. The molecule has 0 aliphatic carbocycles. The van der Waals surface area contributed by atoms with Crippen LogP contribution in [-0.2, 0) is 6.54 Å². The van der Waals surface area contributed by atoms with Gasteiger partial charge in [0.25, 0.3) is 11.5 Å². The Balaban J connectivity index is 1.80. The van der Waals surface area contributed by atoms with Crippen LogP contribution in [0.25, 0.3) is 10.9 Å². The number of nitrogens with zero attached hydrogens (tertiary/aromatic N) is 2. The zero-order valence-electron chi connectivity index (χ0n) is 16.3. The average molecular weight is 383 g/mol. The summed E-state index contributed by atoms with van der Waals surface area (Å²) >= 11 is 0. The first-order valence-electron chi connectivity index (χ1n) is 9.42. The summed E-state index contributed by atoms with van der Waals surface area (Å²) in [5.41, 5.74) is 4.54. The number of aryl methyl sites for hydroxylation is 2. The minimum Gasteiger partial charge on any atom is -0.322 e. The number of aromatic amines is 1. The van der Waals surface area contributed by atoms with Crippen LogP contribution >= 0.6 is 0 Å². The molecule has 0 saturated carbocycles. The van der Waals surface area contributed by atoms with E-state index in [0.29, 0.717) is 11.1 Å². The molecule has 2 aromatic heterocycles. The predicted molar refractivity (Wildman–Crippen MR) is 115 cm³/mol. The summed E-state index contributed by atoms with van der Waals surface area (Å²) in [6.07, 6.45) is 3.18. The molecule has 1 N–H and O–H groups in total. The lowest BCUT2D eigenvalue weighted by Gasteiger charge is -2.23. The van der Waals surface area contributed by atoms with Gasteiger partial charge in [-0.05, 0) is 67.3 Å². The number of aromatic nitrogens is 2. The van der Waals surface area contributed by atoms with E-state index >= 15 is 0 Å². The molecule has 4 aromatic rings. The fourth-order valence-corrected chi connectivity index (χ4v) is 3.39. The third kappa shape index (κ3) is 3.94. The van der Waals surface area contributed by atoms with Crippen LogP contribution in [-0.4, -0.2) is 15.9 Å². The Hall–Kier alpha value is -3.73. The predicted octanol–water partition coefficient (Wildman–Crippen LogP) is 4.39. The lowest BCUT2D eigenvalue weighted by atomic mass is 10.1. The first-order chi connectivity index (χ1) is 14.0. The Morgan fingerprint density at radius 1 is 0.966 bits per heavy atom. The number of carbonyl (C=O) groups excluding carboxylic acids is 1. The molecule has 0 aliphatic rings.